The first-order valence-corrected chi connectivity index (χ1v) is 6.89. The van der Waals surface area contributed by atoms with Gasteiger partial charge in [-0.05, 0) is 19.9 Å². The van der Waals surface area contributed by atoms with Crippen molar-refractivity contribution in [2.24, 2.45) is 0 Å². The number of sulfonamides is 1. The van der Waals surface area contributed by atoms with Crippen molar-refractivity contribution in [3.8, 4) is 0 Å². The lowest BCUT2D eigenvalue weighted by atomic mass is 10.4. The first-order valence-electron chi connectivity index (χ1n) is 5.41. The van der Waals surface area contributed by atoms with E-state index in [2.05, 4.69) is 24.9 Å². The predicted molar refractivity (Wildman–Crippen MR) is 66.8 cm³/mol. The van der Waals surface area contributed by atoms with Gasteiger partial charge in [0.25, 0.3) is 16.0 Å². The second-order valence-corrected chi connectivity index (χ2v) is 5.61. The topological polar surface area (TPSA) is 121 Å². The molecule has 9 heteroatoms. The second kappa shape index (κ2) is 4.94. The number of aliphatic hydroxyl groups excluding tert-OH is 1. The van der Waals surface area contributed by atoms with Crippen molar-refractivity contribution in [1.29, 1.82) is 0 Å². The zero-order valence-corrected chi connectivity index (χ0v) is 11.2. The van der Waals surface area contributed by atoms with Crippen molar-refractivity contribution in [2.75, 3.05) is 4.72 Å². The summed E-state index contributed by atoms with van der Waals surface area (Å²) in [5.74, 6) is -0.0881. The highest BCUT2D eigenvalue weighted by Gasteiger charge is 2.18. The summed E-state index contributed by atoms with van der Waals surface area (Å²) in [7, 11) is -3.79. The van der Waals surface area contributed by atoms with Gasteiger partial charge in [0.05, 0.1) is 18.0 Å². The van der Waals surface area contributed by atoms with E-state index in [-0.39, 0.29) is 17.5 Å². The van der Waals surface area contributed by atoms with Gasteiger partial charge in [-0.1, -0.05) is 0 Å². The molecule has 0 spiro atoms. The average Bonchev–Trinajstić information content (AvgIpc) is 2.83. The van der Waals surface area contributed by atoms with E-state index >= 15 is 0 Å². The van der Waals surface area contributed by atoms with Crippen LogP contribution in [0, 0.1) is 13.8 Å². The number of hydrogen-bond acceptors (Lipinski definition) is 6. The minimum Gasteiger partial charge on any atom is -0.390 e. The molecule has 0 aromatic carbocycles. The largest absolute Gasteiger partial charge is 0.390 e. The molecule has 0 fully saturated rings. The maximum Gasteiger partial charge on any atom is 0.265 e. The van der Waals surface area contributed by atoms with Crippen LogP contribution in [-0.4, -0.2) is 33.7 Å². The summed E-state index contributed by atoms with van der Waals surface area (Å²) in [6.45, 7) is 3.17. The summed E-state index contributed by atoms with van der Waals surface area (Å²) >= 11 is 0. The summed E-state index contributed by atoms with van der Waals surface area (Å²) in [6, 6.07) is 1.33. The Morgan fingerprint density at radius 3 is 2.63 bits per heavy atom. The number of H-pyrrole nitrogens is 1. The lowest BCUT2D eigenvalue weighted by molar-refractivity contribution is 0.277. The van der Waals surface area contributed by atoms with Crippen LogP contribution < -0.4 is 4.72 Å². The fourth-order valence-corrected chi connectivity index (χ4v) is 2.30. The van der Waals surface area contributed by atoms with Gasteiger partial charge in [-0.25, -0.2) is 18.1 Å². The number of anilines is 1. The van der Waals surface area contributed by atoms with Crippen molar-refractivity contribution in [2.45, 2.75) is 25.3 Å². The maximum atomic E-state index is 12.0. The van der Waals surface area contributed by atoms with E-state index < -0.39 is 10.0 Å². The third-order valence-electron chi connectivity index (χ3n) is 2.51. The minimum absolute atomic E-state index is 0.00150. The molecule has 0 aliphatic rings. The Balaban J connectivity index is 2.28. The summed E-state index contributed by atoms with van der Waals surface area (Å²) < 4.78 is 26.2. The number of aromatic nitrogens is 4. The molecule has 0 aliphatic carbocycles. The Hall–Kier alpha value is -2.00. The Morgan fingerprint density at radius 2 is 2.05 bits per heavy atom. The first kappa shape index (κ1) is 13.4. The van der Waals surface area contributed by atoms with Gasteiger partial charge < -0.3 is 10.1 Å². The summed E-state index contributed by atoms with van der Waals surface area (Å²) in [5.41, 5.74) is 1.63. The number of hydrogen-bond donors (Lipinski definition) is 3. The third kappa shape index (κ3) is 2.88. The molecule has 0 aliphatic heterocycles. The number of aliphatic hydroxyl groups is 1. The third-order valence-corrected chi connectivity index (χ3v) is 3.82. The summed E-state index contributed by atoms with van der Waals surface area (Å²) in [4.78, 5) is 6.63. The normalized spacial score (nSPS) is 11.5. The smallest absolute Gasteiger partial charge is 0.265 e. The van der Waals surface area contributed by atoms with Gasteiger partial charge in [-0.2, -0.15) is 5.10 Å². The van der Waals surface area contributed by atoms with E-state index in [0.29, 0.717) is 17.1 Å². The lowest BCUT2D eigenvalue weighted by Crippen LogP contribution is -2.15. The molecule has 2 aromatic rings. The molecule has 0 unspecified atom stereocenters. The van der Waals surface area contributed by atoms with E-state index in [1.54, 1.807) is 13.8 Å². The molecule has 0 saturated carbocycles. The molecule has 0 amide bonds. The minimum atomic E-state index is -3.79. The van der Waals surface area contributed by atoms with Crippen LogP contribution in [0.4, 0.5) is 5.95 Å². The zero-order valence-electron chi connectivity index (χ0n) is 10.4. The van der Waals surface area contributed by atoms with Crippen molar-refractivity contribution in [3.05, 3.63) is 29.3 Å². The summed E-state index contributed by atoms with van der Waals surface area (Å²) in [5, 5.41) is 16.3. The Labute approximate surface area is 110 Å². The molecule has 0 radical (unpaired) electrons. The van der Waals surface area contributed by atoms with Crippen LogP contribution >= 0.6 is 0 Å². The molecular formula is C10H13N5O3S. The first-order chi connectivity index (χ1) is 8.92. The van der Waals surface area contributed by atoms with Crippen molar-refractivity contribution >= 4 is 16.0 Å². The van der Waals surface area contributed by atoms with Crippen LogP contribution in [0.5, 0.6) is 0 Å². The number of aryl methyl sites for hydroxylation is 2. The van der Waals surface area contributed by atoms with Crippen LogP contribution in [0.2, 0.25) is 0 Å². The van der Waals surface area contributed by atoms with Crippen LogP contribution in [-0.2, 0) is 16.6 Å². The molecule has 8 nitrogen and oxygen atoms in total. The highest BCUT2D eigenvalue weighted by atomic mass is 32.2. The number of nitrogens with zero attached hydrogens (tertiary/aromatic N) is 3. The quantitative estimate of drug-likeness (QED) is 0.732. The van der Waals surface area contributed by atoms with Gasteiger partial charge in [0.2, 0.25) is 0 Å². The van der Waals surface area contributed by atoms with Crippen LogP contribution in [0.25, 0.3) is 0 Å². The molecule has 2 heterocycles. The second-order valence-electron chi connectivity index (χ2n) is 3.93. The average molecular weight is 283 g/mol. The SMILES string of the molecule is Cc1nnc(NS(=O)(=O)c2c[nH]c(CO)c2)nc1C. The summed E-state index contributed by atoms with van der Waals surface area (Å²) in [6.07, 6.45) is 1.28. The monoisotopic (exact) mass is 283 g/mol. The molecule has 2 rings (SSSR count). The lowest BCUT2D eigenvalue weighted by Gasteiger charge is -2.05. The maximum absolute atomic E-state index is 12.0. The highest BCUT2D eigenvalue weighted by molar-refractivity contribution is 7.92. The van der Waals surface area contributed by atoms with Crippen LogP contribution in [0.3, 0.4) is 0 Å². The van der Waals surface area contributed by atoms with E-state index in [9.17, 15) is 8.42 Å². The molecule has 3 N–H and O–H groups in total. The van der Waals surface area contributed by atoms with E-state index in [4.69, 9.17) is 5.11 Å². The zero-order chi connectivity index (χ0) is 14.0. The van der Waals surface area contributed by atoms with Crippen LogP contribution in [0.1, 0.15) is 17.1 Å². The fraction of sp³-hybridized carbons (Fsp3) is 0.300. The van der Waals surface area contributed by atoms with E-state index in [0.717, 1.165) is 0 Å². The number of aromatic amines is 1. The van der Waals surface area contributed by atoms with Crippen molar-refractivity contribution in [1.82, 2.24) is 20.2 Å². The van der Waals surface area contributed by atoms with E-state index in [1.165, 1.54) is 12.3 Å². The molecular weight excluding hydrogens is 270 g/mol. The van der Waals surface area contributed by atoms with E-state index in [1.807, 2.05) is 0 Å². The van der Waals surface area contributed by atoms with Crippen molar-refractivity contribution in [3.63, 3.8) is 0 Å². The Bertz CT molecular complexity index is 695. The fourth-order valence-electron chi connectivity index (χ4n) is 1.34. The highest BCUT2D eigenvalue weighted by Crippen LogP contribution is 2.14. The predicted octanol–water partition coefficient (Wildman–Crippen LogP) is 0.110. The van der Waals surface area contributed by atoms with Gasteiger partial charge >= 0.3 is 0 Å². The van der Waals surface area contributed by atoms with Gasteiger partial charge in [0.15, 0.2) is 0 Å². The number of rotatable bonds is 4. The molecule has 0 bridgehead atoms. The molecule has 2 aromatic heterocycles. The van der Waals surface area contributed by atoms with Crippen LogP contribution in [0.15, 0.2) is 17.2 Å². The Kier molecular flexibility index (Phi) is 3.49. The molecule has 0 atom stereocenters. The molecule has 19 heavy (non-hydrogen) atoms. The Morgan fingerprint density at radius 1 is 1.32 bits per heavy atom. The van der Waals surface area contributed by atoms with Gasteiger partial charge in [0.1, 0.15) is 4.90 Å². The van der Waals surface area contributed by atoms with Gasteiger partial charge in [-0.3, -0.25) is 0 Å². The number of nitrogens with one attached hydrogen (secondary N) is 2. The standard InChI is InChI=1S/C10H13N5O3S/c1-6-7(2)13-14-10(12-6)15-19(17,18)9-3-8(5-16)11-4-9/h3-4,11,16H,5H2,1-2H3,(H,12,14,15). The van der Waals surface area contributed by atoms with Gasteiger partial charge in [0, 0.05) is 11.9 Å². The molecule has 0 saturated heterocycles. The van der Waals surface area contributed by atoms with Crippen molar-refractivity contribution < 1.29 is 13.5 Å². The molecule has 102 valence electrons. The van der Waals surface area contributed by atoms with Gasteiger partial charge in [-0.15, -0.1) is 5.10 Å².